The van der Waals surface area contributed by atoms with Gasteiger partial charge in [0.2, 0.25) is 0 Å². The molecule has 0 unspecified atom stereocenters. The van der Waals surface area contributed by atoms with E-state index in [1.54, 1.807) is 6.92 Å². The zero-order valence-corrected chi connectivity index (χ0v) is 11.1. The molecule has 4 nitrogen and oxygen atoms in total. The van der Waals surface area contributed by atoms with Gasteiger partial charge in [0.15, 0.2) is 5.78 Å². The molecule has 0 N–H and O–H groups in total. The summed E-state index contributed by atoms with van der Waals surface area (Å²) in [5.41, 5.74) is 0. The van der Waals surface area contributed by atoms with Crippen LogP contribution in [0.25, 0.3) is 0 Å². The van der Waals surface area contributed by atoms with Crippen LogP contribution in [0.4, 0.5) is 0 Å². The molecule has 1 fully saturated rings. The van der Waals surface area contributed by atoms with E-state index in [1.165, 1.54) is 7.11 Å². The van der Waals surface area contributed by atoms with Crippen molar-refractivity contribution in [3.8, 4) is 0 Å². The number of Topliss-reactive ketones (excluding diaryl/α,β-unsaturated/α-hetero) is 1. The molecule has 0 saturated carbocycles. The minimum atomic E-state index is -0.356. The van der Waals surface area contributed by atoms with Gasteiger partial charge in [0.25, 0.3) is 0 Å². The van der Waals surface area contributed by atoms with Crippen LogP contribution in [0, 0.1) is 11.8 Å². The molecule has 0 amide bonds. The van der Waals surface area contributed by atoms with Crippen LogP contribution in [-0.4, -0.2) is 31.1 Å². The van der Waals surface area contributed by atoms with E-state index in [0.717, 1.165) is 12.8 Å². The van der Waals surface area contributed by atoms with Crippen LogP contribution in [0.5, 0.6) is 0 Å². The highest BCUT2D eigenvalue weighted by atomic mass is 16.5. The normalized spacial score (nSPS) is 30.7. The monoisotopic (exact) mass is 242 g/mol. The second-order valence-electron chi connectivity index (χ2n) is 4.78. The average molecular weight is 242 g/mol. The Morgan fingerprint density at radius 3 is 2.59 bits per heavy atom. The average Bonchev–Trinajstić information content (AvgIpc) is 2.36. The molecule has 0 aromatic heterocycles. The van der Waals surface area contributed by atoms with Crippen molar-refractivity contribution in [1.29, 1.82) is 0 Å². The van der Waals surface area contributed by atoms with E-state index in [2.05, 4.69) is 0 Å². The second-order valence-corrected chi connectivity index (χ2v) is 4.78. The molecule has 1 saturated heterocycles. The Morgan fingerprint density at radius 1 is 1.41 bits per heavy atom. The SMILES string of the molecule is CCC(=O)[C@@H]1O[C@@H]([C@@H](C)C(=O)OC)CC[C@@H]1C. The zero-order chi connectivity index (χ0) is 13.0. The minimum absolute atomic E-state index is 0.124. The Labute approximate surface area is 103 Å². The Hall–Kier alpha value is -0.900. The van der Waals surface area contributed by atoms with Crippen molar-refractivity contribution in [2.75, 3.05) is 7.11 Å². The first-order valence-corrected chi connectivity index (χ1v) is 6.27. The summed E-state index contributed by atoms with van der Waals surface area (Å²) in [5, 5.41) is 0. The van der Waals surface area contributed by atoms with Crippen LogP contribution in [0.3, 0.4) is 0 Å². The number of ketones is 1. The fourth-order valence-corrected chi connectivity index (χ4v) is 2.27. The molecular formula is C13H22O4. The number of carbonyl (C=O) groups excluding carboxylic acids is 2. The molecule has 0 aromatic rings. The summed E-state index contributed by atoms with van der Waals surface area (Å²) in [6.45, 7) is 5.66. The van der Waals surface area contributed by atoms with Crippen LogP contribution >= 0.6 is 0 Å². The van der Waals surface area contributed by atoms with Crippen molar-refractivity contribution in [2.45, 2.75) is 52.2 Å². The van der Waals surface area contributed by atoms with Gasteiger partial charge in [-0.1, -0.05) is 13.8 Å². The topological polar surface area (TPSA) is 52.6 Å². The number of rotatable bonds is 4. The molecule has 1 heterocycles. The van der Waals surface area contributed by atoms with Crippen LogP contribution in [0.2, 0.25) is 0 Å². The maximum Gasteiger partial charge on any atom is 0.311 e. The molecule has 98 valence electrons. The quantitative estimate of drug-likeness (QED) is 0.707. The fourth-order valence-electron chi connectivity index (χ4n) is 2.27. The van der Waals surface area contributed by atoms with Gasteiger partial charge < -0.3 is 9.47 Å². The van der Waals surface area contributed by atoms with Gasteiger partial charge >= 0.3 is 5.97 Å². The molecular weight excluding hydrogens is 220 g/mol. The van der Waals surface area contributed by atoms with E-state index in [0.29, 0.717) is 6.42 Å². The lowest BCUT2D eigenvalue weighted by atomic mass is 9.86. The lowest BCUT2D eigenvalue weighted by Crippen LogP contribution is -2.43. The van der Waals surface area contributed by atoms with E-state index in [1.807, 2.05) is 13.8 Å². The maximum atomic E-state index is 11.7. The van der Waals surface area contributed by atoms with E-state index >= 15 is 0 Å². The molecule has 17 heavy (non-hydrogen) atoms. The third-order valence-electron chi connectivity index (χ3n) is 3.54. The number of esters is 1. The van der Waals surface area contributed by atoms with Crippen molar-refractivity contribution in [3.63, 3.8) is 0 Å². The molecule has 0 bridgehead atoms. The summed E-state index contributed by atoms with van der Waals surface area (Å²) in [5.74, 6) is -0.213. The predicted octanol–water partition coefficient (Wildman–Crippen LogP) is 1.96. The van der Waals surface area contributed by atoms with Gasteiger partial charge in [-0.15, -0.1) is 0 Å². The van der Waals surface area contributed by atoms with Gasteiger partial charge in [-0.3, -0.25) is 9.59 Å². The standard InChI is InChI=1S/C13H22O4/c1-5-10(14)12-8(2)6-7-11(17-12)9(3)13(15)16-4/h8-9,11-12H,5-7H2,1-4H3/t8-,9+,11+,12+/m0/s1. The van der Waals surface area contributed by atoms with E-state index in [-0.39, 0.29) is 35.8 Å². The molecule has 4 heteroatoms. The molecule has 0 aromatic carbocycles. The summed E-state index contributed by atoms with van der Waals surface area (Å²) in [7, 11) is 1.37. The van der Waals surface area contributed by atoms with Gasteiger partial charge in [0.05, 0.1) is 19.1 Å². The lowest BCUT2D eigenvalue weighted by molar-refractivity contribution is -0.164. The number of hydrogen-bond donors (Lipinski definition) is 0. The van der Waals surface area contributed by atoms with Crippen molar-refractivity contribution in [2.24, 2.45) is 11.8 Å². The minimum Gasteiger partial charge on any atom is -0.469 e. The van der Waals surface area contributed by atoms with Crippen LogP contribution in [-0.2, 0) is 19.1 Å². The van der Waals surface area contributed by atoms with E-state index in [9.17, 15) is 9.59 Å². The maximum absolute atomic E-state index is 11.7. The van der Waals surface area contributed by atoms with Crippen molar-refractivity contribution in [1.82, 2.24) is 0 Å². The molecule has 4 atom stereocenters. The Morgan fingerprint density at radius 2 is 2.06 bits per heavy atom. The first-order valence-electron chi connectivity index (χ1n) is 6.27. The molecule has 1 aliphatic heterocycles. The second kappa shape index (κ2) is 6.15. The highest BCUT2D eigenvalue weighted by molar-refractivity contribution is 5.83. The third-order valence-corrected chi connectivity index (χ3v) is 3.54. The molecule has 0 radical (unpaired) electrons. The van der Waals surface area contributed by atoms with Gasteiger partial charge in [0.1, 0.15) is 6.10 Å². The molecule has 1 rings (SSSR count). The van der Waals surface area contributed by atoms with Crippen LogP contribution < -0.4 is 0 Å². The van der Waals surface area contributed by atoms with Crippen molar-refractivity contribution < 1.29 is 19.1 Å². The van der Waals surface area contributed by atoms with Crippen LogP contribution in [0.15, 0.2) is 0 Å². The van der Waals surface area contributed by atoms with Crippen molar-refractivity contribution >= 4 is 11.8 Å². The number of methoxy groups -OCH3 is 1. The third kappa shape index (κ3) is 3.28. The van der Waals surface area contributed by atoms with E-state index in [4.69, 9.17) is 9.47 Å². The first kappa shape index (κ1) is 14.2. The highest BCUT2D eigenvalue weighted by Gasteiger charge is 2.37. The molecule has 0 spiro atoms. The predicted molar refractivity (Wildman–Crippen MR) is 63.5 cm³/mol. The highest BCUT2D eigenvalue weighted by Crippen LogP contribution is 2.30. The summed E-state index contributed by atoms with van der Waals surface area (Å²) in [4.78, 5) is 23.2. The van der Waals surface area contributed by atoms with Gasteiger partial charge in [0, 0.05) is 6.42 Å². The summed E-state index contributed by atoms with van der Waals surface area (Å²) in [6.07, 6.45) is 1.66. The summed E-state index contributed by atoms with van der Waals surface area (Å²) < 4.78 is 10.5. The smallest absolute Gasteiger partial charge is 0.311 e. The first-order chi connectivity index (χ1) is 8.01. The summed E-state index contributed by atoms with van der Waals surface area (Å²) >= 11 is 0. The summed E-state index contributed by atoms with van der Waals surface area (Å²) in [6, 6.07) is 0. The Balaban J connectivity index is 2.66. The molecule has 0 aliphatic carbocycles. The van der Waals surface area contributed by atoms with Gasteiger partial charge in [-0.05, 0) is 25.7 Å². The zero-order valence-electron chi connectivity index (χ0n) is 11.1. The largest absolute Gasteiger partial charge is 0.469 e. The Kier molecular flexibility index (Phi) is 5.12. The van der Waals surface area contributed by atoms with Gasteiger partial charge in [-0.2, -0.15) is 0 Å². The Bertz CT molecular complexity index is 287. The lowest BCUT2D eigenvalue weighted by Gasteiger charge is -2.35. The fraction of sp³-hybridized carbons (Fsp3) is 0.846. The van der Waals surface area contributed by atoms with Crippen molar-refractivity contribution in [3.05, 3.63) is 0 Å². The number of carbonyl (C=O) groups is 2. The molecule has 1 aliphatic rings. The number of ether oxygens (including phenoxy) is 2. The van der Waals surface area contributed by atoms with E-state index < -0.39 is 0 Å². The van der Waals surface area contributed by atoms with Crippen LogP contribution in [0.1, 0.15) is 40.0 Å². The van der Waals surface area contributed by atoms with Gasteiger partial charge in [-0.25, -0.2) is 0 Å². The number of hydrogen-bond acceptors (Lipinski definition) is 4.